The molecule has 0 spiro atoms. The summed E-state index contributed by atoms with van der Waals surface area (Å²) in [7, 11) is 2.05. The maximum Gasteiger partial charge on any atom is 0.00224 e. The van der Waals surface area contributed by atoms with E-state index in [-0.39, 0.29) is 0 Å². The molecule has 0 unspecified atom stereocenters. The minimum Gasteiger partial charge on any atom is -0.319 e. The number of nitrogens with one attached hydrogen (secondary N) is 1. The molecular weight excluding hydrogens is 148 g/mol. The lowest BCUT2D eigenvalue weighted by molar-refractivity contribution is 0.286. The van der Waals surface area contributed by atoms with Crippen molar-refractivity contribution < 1.29 is 0 Å². The molecule has 0 aromatic rings. The lowest BCUT2D eigenvalue weighted by Crippen LogP contribution is -2.27. The molecule has 1 rings (SSSR count). The van der Waals surface area contributed by atoms with Crippen molar-refractivity contribution in [3.05, 3.63) is 0 Å². The smallest absolute Gasteiger partial charge is 0.00224 e. The molecule has 12 heavy (non-hydrogen) atoms. The molecule has 2 heteroatoms. The van der Waals surface area contributed by atoms with Crippen LogP contribution in [0.2, 0.25) is 0 Å². The molecule has 1 N–H and O–H groups in total. The van der Waals surface area contributed by atoms with E-state index in [0.717, 1.165) is 11.8 Å². The zero-order chi connectivity index (χ0) is 8.97. The summed E-state index contributed by atoms with van der Waals surface area (Å²) in [5.41, 5.74) is 0. The quantitative estimate of drug-likeness (QED) is 0.681. The van der Waals surface area contributed by atoms with Gasteiger partial charge in [0.25, 0.3) is 0 Å². The summed E-state index contributed by atoms with van der Waals surface area (Å²) in [6.45, 7) is 9.68. The van der Waals surface area contributed by atoms with Gasteiger partial charge in [-0.3, -0.25) is 0 Å². The second-order valence-electron chi connectivity index (χ2n) is 4.37. The van der Waals surface area contributed by atoms with Gasteiger partial charge in [-0.05, 0) is 38.4 Å². The van der Waals surface area contributed by atoms with Crippen LogP contribution in [-0.2, 0) is 0 Å². The first-order valence-corrected chi connectivity index (χ1v) is 5.09. The third kappa shape index (κ3) is 3.11. The zero-order valence-corrected chi connectivity index (χ0v) is 8.64. The maximum atomic E-state index is 3.26. The van der Waals surface area contributed by atoms with E-state index in [1.165, 1.54) is 32.6 Å². The van der Waals surface area contributed by atoms with E-state index in [9.17, 15) is 0 Å². The first-order valence-electron chi connectivity index (χ1n) is 5.09. The monoisotopic (exact) mass is 170 g/mol. The van der Waals surface area contributed by atoms with Crippen molar-refractivity contribution in [1.82, 2.24) is 10.2 Å². The normalized spacial score (nSPS) is 25.5. The van der Waals surface area contributed by atoms with E-state index in [4.69, 9.17) is 0 Å². The largest absolute Gasteiger partial charge is 0.319 e. The molecule has 0 aromatic heterocycles. The van der Waals surface area contributed by atoms with Gasteiger partial charge in [0.05, 0.1) is 0 Å². The molecule has 2 nitrogen and oxygen atoms in total. The van der Waals surface area contributed by atoms with Crippen molar-refractivity contribution in [3.63, 3.8) is 0 Å². The Labute approximate surface area is 76.3 Å². The molecule has 0 saturated carbocycles. The summed E-state index contributed by atoms with van der Waals surface area (Å²) in [6, 6.07) is 0. The first-order chi connectivity index (χ1) is 5.72. The summed E-state index contributed by atoms with van der Waals surface area (Å²) >= 11 is 0. The van der Waals surface area contributed by atoms with Crippen molar-refractivity contribution in [2.24, 2.45) is 11.8 Å². The van der Waals surface area contributed by atoms with Crippen LogP contribution in [0.4, 0.5) is 0 Å². The number of nitrogens with zero attached hydrogens (tertiary/aromatic N) is 1. The molecule has 1 fully saturated rings. The maximum absolute atomic E-state index is 3.26. The zero-order valence-electron chi connectivity index (χ0n) is 8.64. The van der Waals surface area contributed by atoms with Crippen molar-refractivity contribution in [1.29, 1.82) is 0 Å². The molecule has 1 saturated heterocycles. The van der Waals surface area contributed by atoms with Gasteiger partial charge in [0.2, 0.25) is 0 Å². The van der Waals surface area contributed by atoms with E-state index in [2.05, 4.69) is 24.1 Å². The molecule has 1 atom stereocenters. The highest BCUT2D eigenvalue weighted by molar-refractivity contribution is 4.76. The van der Waals surface area contributed by atoms with Gasteiger partial charge in [0.15, 0.2) is 0 Å². The minimum absolute atomic E-state index is 0.818. The van der Waals surface area contributed by atoms with Crippen LogP contribution in [0.5, 0.6) is 0 Å². The van der Waals surface area contributed by atoms with Crippen molar-refractivity contribution in [2.45, 2.75) is 20.3 Å². The summed E-state index contributed by atoms with van der Waals surface area (Å²) in [5.74, 6) is 1.71. The van der Waals surface area contributed by atoms with Crippen molar-refractivity contribution in [2.75, 3.05) is 33.2 Å². The molecular formula is C10H22N2. The van der Waals surface area contributed by atoms with Gasteiger partial charge < -0.3 is 10.2 Å². The van der Waals surface area contributed by atoms with Gasteiger partial charge in [-0.15, -0.1) is 0 Å². The highest BCUT2D eigenvalue weighted by Crippen LogP contribution is 2.16. The van der Waals surface area contributed by atoms with Crippen molar-refractivity contribution >= 4 is 0 Å². The summed E-state index contributed by atoms with van der Waals surface area (Å²) < 4.78 is 0. The standard InChI is InChI=1S/C10H22N2/c1-9(2)7-12-5-4-10(8-12)6-11-3/h9-11H,4-8H2,1-3H3/t10-/m1/s1. The molecule has 0 bridgehead atoms. The van der Waals surface area contributed by atoms with E-state index in [1.807, 2.05) is 7.05 Å². The van der Waals surface area contributed by atoms with Crippen LogP contribution in [0.15, 0.2) is 0 Å². The molecule has 0 radical (unpaired) electrons. The first kappa shape index (κ1) is 10.0. The van der Waals surface area contributed by atoms with Gasteiger partial charge in [-0.2, -0.15) is 0 Å². The fourth-order valence-corrected chi connectivity index (χ4v) is 2.05. The Morgan fingerprint density at radius 3 is 2.83 bits per heavy atom. The Balaban J connectivity index is 2.16. The average Bonchev–Trinajstić information content (AvgIpc) is 2.36. The predicted octanol–water partition coefficient (Wildman–Crippen LogP) is 1.18. The Hall–Kier alpha value is -0.0800. The highest BCUT2D eigenvalue weighted by Gasteiger charge is 2.21. The highest BCUT2D eigenvalue weighted by atomic mass is 15.1. The van der Waals surface area contributed by atoms with Gasteiger partial charge in [0, 0.05) is 13.1 Å². The topological polar surface area (TPSA) is 15.3 Å². The van der Waals surface area contributed by atoms with E-state index in [1.54, 1.807) is 0 Å². The molecule has 1 heterocycles. The average molecular weight is 170 g/mol. The Kier molecular flexibility index (Phi) is 4.02. The molecule has 1 aliphatic rings. The van der Waals surface area contributed by atoms with E-state index < -0.39 is 0 Å². The van der Waals surface area contributed by atoms with Crippen LogP contribution < -0.4 is 5.32 Å². The molecule has 1 aliphatic heterocycles. The SMILES string of the molecule is CNC[C@H]1CCN(CC(C)C)C1. The lowest BCUT2D eigenvalue weighted by atomic mass is 10.1. The molecule has 0 amide bonds. The van der Waals surface area contributed by atoms with Gasteiger partial charge >= 0.3 is 0 Å². The fraction of sp³-hybridized carbons (Fsp3) is 1.00. The predicted molar refractivity (Wildman–Crippen MR) is 53.3 cm³/mol. The second kappa shape index (κ2) is 4.83. The van der Waals surface area contributed by atoms with Gasteiger partial charge in [-0.25, -0.2) is 0 Å². The number of hydrogen-bond acceptors (Lipinski definition) is 2. The Morgan fingerprint density at radius 1 is 1.50 bits per heavy atom. The van der Waals surface area contributed by atoms with Crippen molar-refractivity contribution in [3.8, 4) is 0 Å². The second-order valence-corrected chi connectivity index (χ2v) is 4.37. The number of hydrogen-bond donors (Lipinski definition) is 1. The lowest BCUT2D eigenvalue weighted by Gasteiger charge is -2.17. The van der Waals surface area contributed by atoms with Crippen LogP contribution in [0, 0.1) is 11.8 Å². The third-order valence-electron chi connectivity index (χ3n) is 2.49. The number of likely N-dealkylation sites (tertiary alicyclic amines) is 1. The van der Waals surface area contributed by atoms with Crippen LogP contribution in [-0.4, -0.2) is 38.1 Å². The molecule has 0 aliphatic carbocycles. The van der Waals surface area contributed by atoms with Crippen LogP contribution in [0.25, 0.3) is 0 Å². The Bertz CT molecular complexity index is 123. The molecule has 0 aromatic carbocycles. The number of rotatable bonds is 4. The minimum atomic E-state index is 0.818. The third-order valence-corrected chi connectivity index (χ3v) is 2.49. The van der Waals surface area contributed by atoms with Crippen LogP contribution in [0.3, 0.4) is 0 Å². The molecule has 72 valence electrons. The van der Waals surface area contributed by atoms with Crippen LogP contribution >= 0.6 is 0 Å². The van der Waals surface area contributed by atoms with E-state index in [0.29, 0.717) is 0 Å². The summed E-state index contributed by atoms with van der Waals surface area (Å²) in [6.07, 6.45) is 1.38. The van der Waals surface area contributed by atoms with E-state index >= 15 is 0 Å². The summed E-state index contributed by atoms with van der Waals surface area (Å²) in [5, 5.41) is 3.26. The van der Waals surface area contributed by atoms with Crippen LogP contribution in [0.1, 0.15) is 20.3 Å². The van der Waals surface area contributed by atoms with Gasteiger partial charge in [-0.1, -0.05) is 13.8 Å². The summed E-state index contributed by atoms with van der Waals surface area (Å²) in [4.78, 5) is 2.59. The fourth-order valence-electron chi connectivity index (χ4n) is 2.05. The Morgan fingerprint density at radius 2 is 2.25 bits per heavy atom. The van der Waals surface area contributed by atoms with Gasteiger partial charge in [0.1, 0.15) is 0 Å².